The van der Waals surface area contributed by atoms with Gasteiger partial charge in [-0.1, -0.05) is 71.4 Å². The van der Waals surface area contributed by atoms with Crippen LogP contribution >= 0.6 is 0 Å². The van der Waals surface area contributed by atoms with Crippen LogP contribution in [0.3, 0.4) is 0 Å². The van der Waals surface area contributed by atoms with Crippen LogP contribution in [0.2, 0.25) is 0 Å². The zero-order chi connectivity index (χ0) is 24.6. The lowest BCUT2D eigenvalue weighted by Crippen LogP contribution is -2.17. The molecule has 0 bridgehead atoms. The maximum absolute atomic E-state index is 5.59. The highest BCUT2D eigenvalue weighted by Gasteiger charge is 2.31. The van der Waals surface area contributed by atoms with Crippen molar-refractivity contribution < 1.29 is 4.84 Å². The third kappa shape index (κ3) is 3.87. The first-order chi connectivity index (χ1) is 17.6. The Bertz CT molecular complexity index is 1500. The van der Waals surface area contributed by atoms with E-state index in [9.17, 15) is 0 Å². The third-order valence-electron chi connectivity index (χ3n) is 7.06. The van der Waals surface area contributed by atoms with Crippen LogP contribution in [0.15, 0.2) is 103 Å². The fourth-order valence-electron chi connectivity index (χ4n) is 5.25. The van der Waals surface area contributed by atoms with Crippen molar-refractivity contribution in [3.05, 3.63) is 120 Å². The van der Waals surface area contributed by atoms with E-state index >= 15 is 0 Å². The average Bonchev–Trinajstić information content (AvgIpc) is 3.45. The van der Waals surface area contributed by atoms with E-state index in [1.807, 2.05) is 37.5 Å². The van der Waals surface area contributed by atoms with Crippen molar-refractivity contribution >= 4 is 16.7 Å². The molecule has 0 saturated carbocycles. The zero-order valence-electron chi connectivity index (χ0n) is 20.7. The second-order valence-electron chi connectivity index (χ2n) is 9.54. The summed E-state index contributed by atoms with van der Waals surface area (Å²) in [6.07, 6.45) is 6.05. The molecule has 4 heterocycles. The lowest BCUT2D eigenvalue weighted by Gasteiger charge is -2.21. The molecular weight excluding hydrogens is 444 g/mol. The molecule has 1 aliphatic rings. The second kappa shape index (κ2) is 9.08. The Morgan fingerprint density at radius 1 is 0.889 bits per heavy atom. The number of hydrogen-bond donors (Lipinski definition) is 0. The Morgan fingerprint density at radius 3 is 2.36 bits per heavy atom. The van der Waals surface area contributed by atoms with Crippen LogP contribution in [-0.2, 0) is 4.84 Å². The van der Waals surface area contributed by atoms with E-state index < -0.39 is 0 Å². The van der Waals surface area contributed by atoms with Gasteiger partial charge in [-0.2, -0.15) is 0 Å². The lowest BCUT2D eigenvalue weighted by molar-refractivity contribution is 0.0904. The van der Waals surface area contributed by atoms with E-state index in [-0.39, 0.29) is 18.1 Å². The monoisotopic (exact) mass is 472 g/mol. The van der Waals surface area contributed by atoms with Gasteiger partial charge in [-0.15, -0.1) is 0 Å². The maximum atomic E-state index is 5.59. The van der Waals surface area contributed by atoms with Crippen LogP contribution < -0.4 is 0 Å². The number of aromatic nitrogens is 3. The molecule has 36 heavy (non-hydrogen) atoms. The van der Waals surface area contributed by atoms with E-state index in [0.717, 1.165) is 39.1 Å². The number of oxime groups is 1. The number of benzene rings is 2. The SMILES string of the molecule is CC1=NOC(C)C1c1cnc2c(-c3ccc(C)cc3)cn([C@H](c3ccccc3)c3ccccn3)c2c1. The maximum Gasteiger partial charge on any atom is 0.137 e. The van der Waals surface area contributed by atoms with Gasteiger partial charge in [0.2, 0.25) is 0 Å². The number of fused-ring (bicyclic) bond motifs is 1. The highest BCUT2D eigenvalue weighted by molar-refractivity contribution is 5.95. The van der Waals surface area contributed by atoms with E-state index in [4.69, 9.17) is 14.8 Å². The number of rotatable bonds is 5. The summed E-state index contributed by atoms with van der Waals surface area (Å²) in [5, 5.41) is 4.24. The number of pyridine rings is 2. The van der Waals surface area contributed by atoms with Gasteiger partial charge < -0.3 is 9.40 Å². The Hall–Kier alpha value is -4.25. The number of hydrogen-bond acceptors (Lipinski definition) is 4. The Balaban J connectivity index is 1.62. The van der Waals surface area contributed by atoms with Crippen molar-refractivity contribution in [2.75, 3.05) is 0 Å². The van der Waals surface area contributed by atoms with Crippen molar-refractivity contribution in [3.63, 3.8) is 0 Å². The minimum atomic E-state index is -0.0989. The average molecular weight is 473 g/mol. The van der Waals surface area contributed by atoms with Gasteiger partial charge in [-0.3, -0.25) is 9.97 Å². The van der Waals surface area contributed by atoms with E-state index in [1.54, 1.807) is 0 Å². The van der Waals surface area contributed by atoms with Crippen molar-refractivity contribution in [3.8, 4) is 11.1 Å². The molecule has 5 aromatic rings. The molecular formula is C31H28N4O. The van der Waals surface area contributed by atoms with Crippen molar-refractivity contribution in [1.29, 1.82) is 0 Å². The smallest absolute Gasteiger partial charge is 0.137 e. The summed E-state index contributed by atoms with van der Waals surface area (Å²) < 4.78 is 2.33. The van der Waals surface area contributed by atoms with Gasteiger partial charge in [0.15, 0.2) is 0 Å². The van der Waals surface area contributed by atoms with Crippen LogP contribution in [-0.4, -0.2) is 26.4 Å². The molecule has 5 heteroatoms. The van der Waals surface area contributed by atoms with Crippen LogP contribution in [0.4, 0.5) is 0 Å². The predicted octanol–water partition coefficient (Wildman–Crippen LogP) is 6.92. The van der Waals surface area contributed by atoms with Gasteiger partial charge in [0.1, 0.15) is 12.1 Å². The summed E-state index contributed by atoms with van der Waals surface area (Å²) in [5.74, 6) is 0.0816. The van der Waals surface area contributed by atoms with Crippen LogP contribution in [0, 0.1) is 6.92 Å². The summed E-state index contributed by atoms with van der Waals surface area (Å²) in [6.45, 7) is 6.20. The van der Waals surface area contributed by atoms with Gasteiger partial charge in [0.25, 0.3) is 0 Å². The van der Waals surface area contributed by atoms with Crippen LogP contribution in [0.5, 0.6) is 0 Å². The third-order valence-corrected chi connectivity index (χ3v) is 7.06. The first kappa shape index (κ1) is 22.2. The van der Waals surface area contributed by atoms with E-state index in [0.29, 0.717) is 0 Å². The number of aryl methyl sites for hydroxylation is 1. The van der Waals surface area contributed by atoms with Gasteiger partial charge in [0, 0.05) is 24.2 Å². The molecule has 1 aliphatic heterocycles. The highest BCUT2D eigenvalue weighted by atomic mass is 16.6. The second-order valence-corrected chi connectivity index (χ2v) is 9.54. The molecule has 5 nitrogen and oxygen atoms in total. The molecule has 0 amide bonds. The zero-order valence-corrected chi connectivity index (χ0v) is 20.7. The van der Waals surface area contributed by atoms with Gasteiger partial charge >= 0.3 is 0 Å². The molecule has 3 aromatic heterocycles. The lowest BCUT2D eigenvalue weighted by atomic mass is 9.91. The molecule has 6 rings (SSSR count). The molecule has 2 aromatic carbocycles. The van der Waals surface area contributed by atoms with E-state index in [1.165, 1.54) is 11.1 Å². The first-order valence-electron chi connectivity index (χ1n) is 12.3. The molecule has 0 spiro atoms. The summed E-state index contributed by atoms with van der Waals surface area (Å²) in [6, 6.07) is 27.4. The van der Waals surface area contributed by atoms with Crippen molar-refractivity contribution in [1.82, 2.24) is 14.5 Å². The topological polar surface area (TPSA) is 52.3 Å². The highest BCUT2D eigenvalue weighted by Crippen LogP contribution is 2.38. The standard InChI is InChI=1S/C31H28N4O/c1-20-12-14-23(15-13-20)26-19-35(31(24-9-5-4-6-10-24)27-11-7-8-16-32-27)28-17-25(18-33-30(26)28)29-21(2)34-36-22(29)3/h4-19,22,29,31H,1-3H3/t22?,29?,31-/m1/s1. The van der Waals surface area contributed by atoms with Crippen LogP contribution in [0.25, 0.3) is 22.2 Å². The molecule has 0 aliphatic carbocycles. The van der Waals surface area contributed by atoms with Gasteiger partial charge in [-0.25, -0.2) is 0 Å². The van der Waals surface area contributed by atoms with Crippen molar-refractivity contribution in [2.45, 2.75) is 38.8 Å². The molecule has 0 N–H and O–H groups in total. The minimum absolute atomic E-state index is 0.0232. The fraction of sp³-hybridized carbons (Fsp3) is 0.194. The largest absolute Gasteiger partial charge is 0.392 e. The molecule has 2 unspecified atom stereocenters. The van der Waals surface area contributed by atoms with Gasteiger partial charge in [0.05, 0.1) is 28.4 Å². The molecule has 3 atom stereocenters. The summed E-state index contributed by atoms with van der Waals surface area (Å²) >= 11 is 0. The molecule has 0 saturated heterocycles. The Morgan fingerprint density at radius 2 is 1.67 bits per heavy atom. The quantitative estimate of drug-likeness (QED) is 0.279. The summed E-state index contributed by atoms with van der Waals surface area (Å²) in [4.78, 5) is 15.4. The Kier molecular flexibility index (Phi) is 5.61. The molecule has 0 fully saturated rings. The summed E-state index contributed by atoms with van der Waals surface area (Å²) in [5.41, 5.74) is 9.76. The first-order valence-corrected chi connectivity index (χ1v) is 12.3. The normalized spacial score (nSPS) is 18.1. The van der Waals surface area contributed by atoms with Crippen LogP contribution in [0.1, 0.15) is 48.2 Å². The number of nitrogens with zero attached hydrogens (tertiary/aromatic N) is 4. The molecule has 178 valence electrons. The van der Waals surface area contributed by atoms with E-state index in [2.05, 4.69) is 90.4 Å². The molecule has 0 radical (unpaired) electrons. The Labute approximate surface area is 211 Å². The predicted molar refractivity (Wildman–Crippen MR) is 144 cm³/mol. The van der Waals surface area contributed by atoms with Gasteiger partial charge in [-0.05, 0) is 55.7 Å². The summed E-state index contributed by atoms with van der Waals surface area (Å²) in [7, 11) is 0. The minimum Gasteiger partial charge on any atom is -0.392 e. The van der Waals surface area contributed by atoms with Crippen molar-refractivity contribution in [2.24, 2.45) is 5.16 Å². The fourth-order valence-corrected chi connectivity index (χ4v) is 5.25.